The van der Waals surface area contributed by atoms with E-state index in [1.165, 1.54) is 5.56 Å². The van der Waals surface area contributed by atoms with Gasteiger partial charge in [0, 0.05) is 36.6 Å². The van der Waals surface area contributed by atoms with Gasteiger partial charge in [0.15, 0.2) is 0 Å². The molecule has 2 saturated heterocycles. The topological polar surface area (TPSA) is 52.6 Å². The number of carbonyl (C=O) groups is 1. The van der Waals surface area contributed by atoms with E-state index in [1.807, 2.05) is 24.3 Å². The number of rotatable bonds is 3. The van der Waals surface area contributed by atoms with Crippen molar-refractivity contribution in [1.82, 2.24) is 10.2 Å². The van der Waals surface area contributed by atoms with Gasteiger partial charge in [-0.2, -0.15) is 0 Å². The standard InChI is InChI=1S/C16H21ClN2O2/c1-10(20)18-13-6-14-8-16(21)15(7-13)19(14)9-11-2-4-12(17)5-3-11/h2-5,13-16,21H,6-9H2,1H3,(H,18,20). The van der Waals surface area contributed by atoms with Crippen molar-refractivity contribution >= 4 is 17.5 Å². The van der Waals surface area contributed by atoms with E-state index in [0.717, 1.165) is 30.8 Å². The monoisotopic (exact) mass is 308 g/mol. The lowest BCUT2D eigenvalue weighted by Crippen LogP contribution is -2.51. The molecule has 2 aliphatic rings. The van der Waals surface area contributed by atoms with Crippen LogP contribution in [0.1, 0.15) is 31.7 Å². The summed E-state index contributed by atoms with van der Waals surface area (Å²) in [4.78, 5) is 13.6. The van der Waals surface area contributed by atoms with Gasteiger partial charge < -0.3 is 10.4 Å². The maximum Gasteiger partial charge on any atom is 0.217 e. The highest BCUT2D eigenvalue weighted by atomic mass is 35.5. The molecule has 1 aromatic carbocycles. The number of hydrogen-bond donors (Lipinski definition) is 2. The number of halogens is 1. The quantitative estimate of drug-likeness (QED) is 0.897. The van der Waals surface area contributed by atoms with Crippen LogP contribution < -0.4 is 5.32 Å². The van der Waals surface area contributed by atoms with Crippen molar-refractivity contribution in [2.75, 3.05) is 0 Å². The van der Waals surface area contributed by atoms with Crippen molar-refractivity contribution in [3.63, 3.8) is 0 Å². The normalized spacial score (nSPS) is 32.1. The molecule has 2 bridgehead atoms. The predicted octanol–water partition coefficient (Wildman–Crippen LogP) is 1.94. The maximum atomic E-state index is 11.2. The molecule has 4 unspecified atom stereocenters. The summed E-state index contributed by atoms with van der Waals surface area (Å²) in [6.45, 7) is 2.38. The summed E-state index contributed by atoms with van der Waals surface area (Å²) in [7, 11) is 0. The van der Waals surface area contributed by atoms with Crippen LogP contribution in [-0.4, -0.2) is 40.1 Å². The molecular formula is C16H21ClN2O2. The van der Waals surface area contributed by atoms with E-state index >= 15 is 0 Å². The van der Waals surface area contributed by atoms with Gasteiger partial charge in [-0.25, -0.2) is 0 Å². The van der Waals surface area contributed by atoms with Gasteiger partial charge in [0.25, 0.3) is 0 Å². The average Bonchev–Trinajstić information content (AvgIpc) is 2.59. The fourth-order valence-corrected chi connectivity index (χ4v) is 3.88. The molecule has 0 radical (unpaired) electrons. The van der Waals surface area contributed by atoms with Crippen LogP contribution in [0.25, 0.3) is 0 Å². The summed E-state index contributed by atoms with van der Waals surface area (Å²) in [5, 5.41) is 14.0. The summed E-state index contributed by atoms with van der Waals surface area (Å²) in [6, 6.07) is 8.54. The van der Waals surface area contributed by atoms with E-state index in [2.05, 4.69) is 10.2 Å². The first-order chi connectivity index (χ1) is 10.0. The molecule has 0 aromatic heterocycles. The summed E-state index contributed by atoms with van der Waals surface area (Å²) >= 11 is 5.92. The molecule has 2 N–H and O–H groups in total. The first-order valence-corrected chi connectivity index (χ1v) is 7.86. The van der Waals surface area contributed by atoms with E-state index in [9.17, 15) is 9.90 Å². The average molecular weight is 309 g/mol. The fourth-order valence-electron chi connectivity index (χ4n) is 3.76. The molecule has 4 atom stereocenters. The third-order valence-electron chi connectivity index (χ3n) is 4.62. The smallest absolute Gasteiger partial charge is 0.217 e. The Morgan fingerprint density at radius 3 is 2.67 bits per heavy atom. The lowest BCUT2D eigenvalue weighted by atomic mass is 9.96. The molecule has 4 nitrogen and oxygen atoms in total. The van der Waals surface area contributed by atoms with E-state index in [4.69, 9.17) is 11.6 Å². The van der Waals surface area contributed by atoms with Crippen LogP contribution in [-0.2, 0) is 11.3 Å². The van der Waals surface area contributed by atoms with Gasteiger partial charge in [-0.3, -0.25) is 9.69 Å². The highest BCUT2D eigenvalue weighted by Crippen LogP contribution is 2.37. The van der Waals surface area contributed by atoms with Crippen molar-refractivity contribution in [3.8, 4) is 0 Å². The second-order valence-corrected chi connectivity index (χ2v) is 6.63. The molecule has 3 rings (SSSR count). The van der Waals surface area contributed by atoms with Crippen molar-refractivity contribution in [2.24, 2.45) is 0 Å². The first-order valence-electron chi connectivity index (χ1n) is 7.48. The Morgan fingerprint density at radius 2 is 2.05 bits per heavy atom. The zero-order valence-electron chi connectivity index (χ0n) is 12.1. The van der Waals surface area contributed by atoms with E-state index in [1.54, 1.807) is 6.92 Å². The van der Waals surface area contributed by atoms with Crippen molar-refractivity contribution in [3.05, 3.63) is 34.9 Å². The summed E-state index contributed by atoms with van der Waals surface area (Å²) in [6.07, 6.45) is 2.25. The third kappa shape index (κ3) is 3.23. The van der Waals surface area contributed by atoms with Crippen LogP contribution in [0.15, 0.2) is 24.3 Å². The van der Waals surface area contributed by atoms with Crippen LogP contribution in [0.3, 0.4) is 0 Å². The van der Waals surface area contributed by atoms with Crippen LogP contribution >= 0.6 is 11.6 Å². The minimum atomic E-state index is -0.291. The third-order valence-corrected chi connectivity index (χ3v) is 4.87. The SMILES string of the molecule is CC(=O)NC1CC2CC(O)C(C1)N2Cc1ccc(Cl)cc1. The minimum Gasteiger partial charge on any atom is -0.391 e. The number of nitrogens with one attached hydrogen (secondary N) is 1. The van der Waals surface area contributed by atoms with Gasteiger partial charge in [-0.05, 0) is 37.0 Å². The number of benzene rings is 1. The number of amides is 1. The Kier molecular flexibility index (Phi) is 4.20. The first kappa shape index (κ1) is 14.8. The number of hydrogen-bond acceptors (Lipinski definition) is 3. The summed E-state index contributed by atoms with van der Waals surface area (Å²) < 4.78 is 0. The molecular weight excluding hydrogens is 288 g/mol. The van der Waals surface area contributed by atoms with Crippen LogP contribution in [0.2, 0.25) is 5.02 Å². The number of aliphatic hydroxyl groups excluding tert-OH is 1. The van der Waals surface area contributed by atoms with E-state index < -0.39 is 0 Å². The zero-order valence-corrected chi connectivity index (χ0v) is 12.9. The second-order valence-electron chi connectivity index (χ2n) is 6.19. The highest BCUT2D eigenvalue weighted by molar-refractivity contribution is 6.30. The lowest BCUT2D eigenvalue weighted by molar-refractivity contribution is -0.120. The molecule has 0 spiro atoms. The second kappa shape index (κ2) is 5.95. The lowest BCUT2D eigenvalue weighted by Gasteiger charge is -2.39. The number of nitrogens with zero attached hydrogens (tertiary/aromatic N) is 1. The van der Waals surface area contributed by atoms with Crippen molar-refractivity contribution in [1.29, 1.82) is 0 Å². The molecule has 2 aliphatic heterocycles. The fraction of sp³-hybridized carbons (Fsp3) is 0.562. The Hall–Kier alpha value is -1.10. The molecule has 0 aliphatic carbocycles. The molecule has 0 saturated carbocycles. The van der Waals surface area contributed by atoms with E-state index in [-0.39, 0.29) is 24.1 Å². The van der Waals surface area contributed by atoms with Crippen molar-refractivity contribution < 1.29 is 9.90 Å². The summed E-state index contributed by atoms with van der Waals surface area (Å²) in [5.41, 5.74) is 1.21. The van der Waals surface area contributed by atoms with E-state index in [0.29, 0.717) is 6.04 Å². The predicted molar refractivity (Wildman–Crippen MR) is 82.0 cm³/mol. The Morgan fingerprint density at radius 1 is 1.33 bits per heavy atom. The molecule has 21 heavy (non-hydrogen) atoms. The largest absolute Gasteiger partial charge is 0.391 e. The molecule has 1 amide bonds. The number of carbonyl (C=O) groups excluding carboxylic acids is 1. The molecule has 5 heteroatoms. The summed E-state index contributed by atoms with van der Waals surface area (Å²) in [5.74, 6) is 0.0139. The molecule has 114 valence electrons. The Balaban J connectivity index is 1.70. The molecule has 2 heterocycles. The van der Waals surface area contributed by atoms with Gasteiger partial charge in [0.2, 0.25) is 5.91 Å². The Labute approximate surface area is 130 Å². The zero-order chi connectivity index (χ0) is 15.0. The van der Waals surface area contributed by atoms with Gasteiger partial charge in [-0.15, -0.1) is 0 Å². The van der Waals surface area contributed by atoms with Crippen LogP contribution in [0, 0.1) is 0 Å². The number of aliphatic hydroxyl groups is 1. The molecule has 2 fully saturated rings. The van der Waals surface area contributed by atoms with Gasteiger partial charge in [0.1, 0.15) is 0 Å². The van der Waals surface area contributed by atoms with Gasteiger partial charge in [0.05, 0.1) is 6.10 Å². The number of piperidine rings is 1. The van der Waals surface area contributed by atoms with Crippen molar-refractivity contribution in [2.45, 2.75) is 57.0 Å². The number of fused-ring (bicyclic) bond motifs is 2. The molecule has 1 aromatic rings. The van der Waals surface area contributed by atoms with Gasteiger partial charge in [-0.1, -0.05) is 23.7 Å². The van der Waals surface area contributed by atoms with Crippen LogP contribution in [0.4, 0.5) is 0 Å². The maximum absolute atomic E-state index is 11.2. The Bertz CT molecular complexity index is 520. The van der Waals surface area contributed by atoms with Crippen LogP contribution in [0.5, 0.6) is 0 Å². The highest BCUT2D eigenvalue weighted by Gasteiger charge is 2.46. The minimum absolute atomic E-state index is 0.0139. The van der Waals surface area contributed by atoms with Gasteiger partial charge >= 0.3 is 0 Å².